The van der Waals surface area contributed by atoms with Crippen molar-refractivity contribution in [3.63, 3.8) is 0 Å². The number of aromatic nitrogens is 3. The SMILES string of the molecule is CCCCCC(=O)Oc1nc(-c2ccc(Oc3ncc(C#N)cc3F)cc2)cnc1NC(=O)OC(C)(C)C. The molecule has 0 saturated carbocycles. The summed E-state index contributed by atoms with van der Waals surface area (Å²) in [6, 6.07) is 9.27. The molecular weight excluding hydrogens is 493 g/mol. The Balaban J connectivity index is 1.82. The summed E-state index contributed by atoms with van der Waals surface area (Å²) in [6.45, 7) is 7.18. The fourth-order valence-electron chi connectivity index (χ4n) is 3.11. The smallest absolute Gasteiger partial charge is 0.413 e. The van der Waals surface area contributed by atoms with Crippen LogP contribution in [0.1, 0.15) is 58.9 Å². The van der Waals surface area contributed by atoms with Crippen LogP contribution >= 0.6 is 0 Å². The van der Waals surface area contributed by atoms with Gasteiger partial charge in [-0.25, -0.2) is 24.1 Å². The lowest BCUT2D eigenvalue weighted by atomic mass is 10.1. The molecule has 0 aliphatic rings. The number of hydrogen-bond acceptors (Lipinski definition) is 9. The lowest BCUT2D eigenvalue weighted by Gasteiger charge is -2.20. The van der Waals surface area contributed by atoms with Crippen molar-refractivity contribution < 1.29 is 28.2 Å². The third-order valence-electron chi connectivity index (χ3n) is 4.86. The molecule has 11 heteroatoms. The summed E-state index contributed by atoms with van der Waals surface area (Å²) in [4.78, 5) is 37.1. The second-order valence-electron chi connectivity index (χ2n) is 9.22. The number of rotatable bonds is 9. The van der Waals surface area contributed by atoms with Crippen molar-refractivity contribution in [3.8, 4) is 34.8 Å². The number of benzene rings is 1. The molecule has 2 aromatic heterocycles. The van der Waals surface area contributed by atoms with Gasteiger partial charge in [0.2, 0.25) is 0 Å². The minimum Gasteiger partial charge on any atom is -0.444 e. The van der Waals surface area contributed by atoms with Gasteiger partial charge in [0.1, 0.15) is 17.4 Å². The topological polar surface area (TPSA) is 136 Å². The van der Waals surface area contributed by atoms with E-state index in [-0.39, 0.29) is 29.6 Å². The largest absolute Gasteiger partial charge is 0.444 e. The highest BCUT2D eigenvalue weighted by Crippen LogP contribution is 2.29. The number of ether oxygens (including phenoxy) is 3. The summed E-state index contributed by atoms with van der Waals surface area (Å²) in [5.74, 6) is -1.47. The van der Waals surface area contributed by atoms with Crippen LogP contribution in [0.2, 0.25) is 0 Å². The maximum atomic E-state index is 14.1. The molecule has 0 radical (unpaired) electrons. The molecule has 0 atom stereocenters. The molecule has 0 aliphatic heterocycles. The average Bonchev–Trinajstić information content (AvgIpc) is 2.86. The van der Waals surface area contributed by atoms with Gasteiger partial charge < -0.3 is 14.2 Å². The van der Waals surface area contributed by atoms with E-state index in [0.29, 0.717) is 23.4 Å². The fourth-order valence-corrected chi connectivity index (χ4v) is 3.11. The normalized spacial score (nSPS) is 10.8. The number of carbonyl (C=O) groups excluding carboxylic acids is 2. The molecule has 1 amide bonds. The molecule has 198 valence electrons. The Morgan fingerprint density at radius 2 is 1.82 bits per heavy atom. The third kappa shape index (κ3) is 8.23. The first-order valence-corrected chi connectivity index (χ1v) is 12.0. The molecule has 1 N–H and O–H groups in total. The highest BCUT2D eigenvalue weighted by Gasteiger charge is 2.21. The lowest BCUT2D eigenvalue weighted by molar-refractivity contribution is -0.134. The van der Waals surface area contributed by atoms with Crippen molar-refractivity contribution in [2.45, 2.75) is 59.0 Å². The number of hydrogen-bond donors (Lipinski definition) is 1. The van der Waals surface area contributed by atoms with Crippen LogP contribution in [-0.4, -0.2) is 32.6 Å². The van der Waals surface area contributed by atoms with Crippen LogP contribution in [0.3, 0.4) is 0 Å². The van der Waals surface area contributed by atoms with Crippen LogP contribution in [0.4, 0.5) is 15.0 Å². The molecule has 3 aromatic rings. The summed E-state index contributed by atoms with van der Waals surface area (Å²) < 4.78 is 30.3. The maximum absolute atomic E-state index is 14.1. The number of nitriles is 1. The van der Waals surface area contributed by atoms with Crippen LogP contribution in [0.25, 0.3) is 11.3 Å². The van der Waals surface area contributed by atoms with E-state index >= 15 is 0 Å². The summed E-state index contributed by atoms with van der Waals surface area (Å²) in [5, 5.41) is 11.3. The Morgan fingerprint density at radius 3 is 2.45 bits per heavy atom. The van der Waals surface area contributed by atoms with Crippen molar-refractivity contribution in [3.05, 3.63) is 54.1 Å². The fraction of sp³-hybridized carbons (Fsp3) is 0.333. The third-order valence-corrected chi connectivity index (χ3v) is 4.86. The highest BCUT2D eigenvalue weighted by atomic mass is 19.1. The summed E-state index contributed by atoms with van der Waals surface area (Å²) in [6.07, 6.45) is 4.51. The van der Waals surface area contributed by atoms with E-state index in [4.69, 9.17) is 19.5 Å². The standard InChI is InChI=1S/C27H28FN5O5/c1-5-6-7-8-22(34)37-25-23(33-26(35)38-27(2,3)4)30-16-21(32-25)18-9-11-19(12-10-18)36-24-20(28)13-17(14-29)15-31-24/h9-13,15-16H,5-8H2,1-4H3,(H,30,33,35). The molecule has 0 fully saturated rings. The number of anilines is 1. The second-order valence-corrected chi connectivity index (χ2v) is 9.22. The van der Waals surface area contributed by atoms with Crippen molar-refractivity contribution in [2.75, 3.05) is 5.32 Å². The van der Waals surface area contributed by atoms with E-state index in [2.05, 4.69) is 20.3 Å². The zero-order valence-corrected chi connectivity index (χ0v) is 21.6. The quantitative estimate of drug-likeness (QED) is 0.259. The zero-order valence-electron chi connectivity index (χ0n) is 21.6. The first-order chi connectivity index (χ1) is 18.1. The van der Waals surface area contributed by atoms with Crippen LogP contribution in [0.15, 0.2) is 42.7 Å². The number of esters is 1. The number of halogens is 1. The van der Waals surface area contributed by atoms with Crippen LogP contribution in [-0.2, 0) is 9.53 Å². The molecule has 0 saturated heterocycles. The van der Waals surface area contributed by atoms with Gasteiger partial charge in [0.15, 0.2) is 11.6 Å². The molecule has 38 heavy (non-hydrogen) atoms. The van der Waals surface area contributed by atoms with E-state index in [0.717, 1.165) is 18.9 Å². The van der Waals surface area contributed by atoms with Gasteiger partial charge >= 0.3 is 12.1 Å². The predicted molar refractivity (Wildman–Crippen MR) is 136 cm³/mol. The Labute approximate surface area is 219 Å². The molecule has 0 spiro atoms. The monoisotopic (exact) mass is 521 g/mol. The first-order valence-electron chi connectivity index (χ1n) is 12.0. The predicted octanol–water partition coefficient (Wildman–Crippen LogP) is 6.17. The Kier molecular flexibility index (Phi) is 9.27. The number of unbranched alkanes of at least 4 members (excludes halogenated alkanes) is 2. The van der Waals surface area contributed by atoms with Gasteiger partial charge in [0, 0.05) is 18.2 Å². The summed E-state index contributed by atoms with van der Waals surface area (Å²) in [7, 11) is 0. The number of pyridine rings is 1. The van der Waals surface area contributed by atoms with Gasteiger partial charge in [-0.15, -0.1) is 0 Å². The van der Waals surface area contributed by atoms with E-state index in [1.165, 1.54) is 12.4 Å². The van der Waals surface area contributed by atoms with E-state index in [1.54, 1.807) is 51.1 Å². The van der Waals surface area contributed by atoms with Gasteiger partial charge in [-0.3, -0.25) is 10.1 Å². The van der Waals surface area contributed by atoms with Gasteiger partial charge in [-0.05, 0) is 57.5 Å². The number of carbonyl (C=O) groups is 2. The van der Waals surface area contributed by atoms with Crippen LogP contribution in [0, 0.1) is 17.1 Å². The lowest BCUT2D eigenvalue weighted by Crippen LogP contribution is -2.28. The van der Waals surface area contributed by atoms with Gasteiger partial charge in [0.05, 0.1) is 17.5 Å². The molecule has 0 unspecified atom stereocenters. The van der Waals surface area contributed by atoms with Crippen LogP contribution < -0.4 is 14.8 Å². The highest BCUT2D eigenvalue weighted by molar-refractivity contribution is 5.86. The van der Waals surface area contributed by atoms with E-state index in [1.807, 2.05) is 6.92 Å². The number of nitrogens with one attached hydrogen (secondary N) is 1. The zero-order chi connectivity index (χ0) is 27.7. The van der Waals surface area contributed by atoms with Gasteiger partial charge in [0.25, 0.3) is 11.8 Å². The summed E-state index contributed by atoms with van der Waals surface area (Å²) >= 11 is 0. The first kappa shape index (κ1) is 28.0. The van der Waals surface area contributed by atoms with E-state index < -0.39 is 23.5 Å². The van der Waals surface area contributed by atoms with Crippen molar-refractivity contribution in [1.82, 2.24) is 15.0 Å². The van der Waals surface area contributed by atoms with Crippen molar-refractivity contribution in [2.24, 2.45) is 0 Å². The molecule has 1 aromatic carbocycles. The summed E-state index contributed by atoms with van der Waals surface area (Å²) in [5.41, 5.74) is 0.278. The maximum Gasteiger partial charge on any atom is 0.413 e. The van der Waals surface area contributed by atoms with Gasteiger partial charge in [-0.1, -0.05) is 19.8 Å². The van der Waals surface area contributed by atoms with Crippen molar-refractivity contribution >= 4 is 17.9 Å². The molecule has 10 nitrogen and oxygen atoms in total. The van der Waals surface area contributed by atoms with E-state index in [9.17, 15) is 14.0 Å². The average molecular weight is 522 g/mol. The second kappa shape index (κ2) is 12.6. The molecule has 2 heterocycles. The molecule has 0 aliphatic carbocycles. The Bertz CT molecular complexity index is 1330. The van der Waals surface area contributed by atoms with Crippen LogP contribution in [0.5, 0.6) is 17.5 Å². The minimum atomic E-state index is -0.770. The minimum absolute atomic E-state index is 0.0610. The van der Waals surface area contributed by atoms with Gasteiger partial charge in [-0.2, -0.15) is 5.26 Å². The number of amides is 1. The van der Waals surface area contributed by atoms with Crippen molar-refractivity contribution in [1.29, 1.82) is 5.26 Å². The Hall–Kier alpha value is -4.59. The molecule has 3 rings (SSSR count). The molecular formula is C27H28FN5O5. The number of nitrogens with zero attached hydrogens (tertiary/aromatic N) is 4. The molecule has 0 bridgehead atoms. The Morgan fingerprint density at radius 1 is 1.08 bits per heavy atom.